The second-order valence-corrected chi connectivity index (χ2v) is 5.36. The number of hydrogen-bond donors (Lipinski definition) is 0. The Bertz CT molecular complexity index is 458. The molecule has 0 aliphatic carbocycles. The fraction of sp³-hybridized carbons (Fsp3) is 0.125. The third-order valence-electron chi connectivity index (χ3n) is 1.62. The maximum absolute atomic E-state index is 12.5. The monoisotopic (exact) mass is 278 g/mol. The third-order valence-corrected chi connectivity index (χ3v) is 2.73. The Kier molecular flexibility index (Phi) is 2.59. The quantitative estimate of drug-likeness (QED) is 0.475. The van der Waals surface area contributed by atoms with Crippen molar-refractivity contribution in [3.8, 4) is 0 Å². The lowest BCUT2D eigenvalue weighted by molar-refractivity contribution is -0.135. The van der Waals surface area contributed by atoms with Crippen LogP contribution in [0.1, 0.15) is 5.76 Å². The zero-order valence-electron chi connectivity index (χ0n) is 8.33. The second kappa shape index (κ2) is 3.25. The molecule has 0 aromatic carbocycles. The topological polar surface area (TPSA) is 39.4 Å². The van der Waals surface area contributed by atoms with Gasteiger partial charge in [0.15, 0.2) is 4.91 Å². The number of rotatable bonds is 3. The first-order valence-electron chi connectivity index (χ1n) is 4.01. The summed E-state index contributed by atoms with van der Waals surface area (Å²) < 4.78 is 70.6. The van der Waals surface area contributed by atoms with Crippen molar-refractivity contribution in [1.29, 1.82) is 0 Å². The first-order valence-corrected chi connectivity index (χ1v) is 5.97. The number of hydrogen-bond acceptors (Lipinski definition) is 3. The van der Waals surface area contributed by atoms with Crippen LogP contribution in [0.5, 0.6) is 0 Å². The Morgan fingerprint density at radius 2 is 1.94 bits per heavy atom. The van der Waals surface area contributed by atoms with Crippen molar-refractivity contribution >= 4 is 22.3 Å². The number of esters is 1. The van der Waals surface area contributed by atoms with Gasteiger partial charge in [-0.3, -0.25) is 0 Å². The van der Waals surface area contributed by atoms with Crippen molar-refractivity contribution < 1.29 is 33.4 Å². The molecule has 1 aromatic rings. The lowest BCUT2D eigenvalue weighted by Gasteiger charge is -2.40. The van der Waals surface area contributed by atoms with Gasteiger partial charge in [0, 0.05) is 6.08 Å². The molecule has 0 N–H and O–H groups in total. The minimum Gasteiger partial charge on any atom is -0.465 e. The predicted molar refractivity (Wildman–Crippen MR) is 51.8 cm³/mol. The van der Waals surface area contributed by atoms with Gasteiger partial charge in [0.1, 0.15) is 5.76 Å². The summed E-state index contributed by atoms with van der Waals surface area (Å²) in [5.74, 6) is -2.70. The van der Waals surface area contributed by atoms with Crippen molar-refractivity contribution in [3.05, 3.63) is 29.1 Å². The molecule has 0 atom stereocenters. The van der Waals surface area contributed by atoms with Crippen molar-refractivity contribution in [2.75, 3.05) is 7.11 Å². The first kappa shape index (κ1) is 13.6. The summed E-state index contributed by atoms with van der Waals surface area (Å²) in [5, 5.41) is 0. The smallest absolute Gasteiger partial charge is 0.353 e. The molecule has 17 heavy (non-hydrogen) atoms. The highest BCUT2D eigenvalue weighted by Crippen LogP contribution is 3.02. The van der Waals surface area contributed by atoms with Gasteiger partial charge in [0.2, 0.25) is 0 Å². The van der Waals surface area contributed by atoms with E-state index in [-0.39, 0.29) is 6.08 Å². The van der Waals surface area contributed by atoms with E-state index in [1.54, 1.807) is 0 Å². The zero-order valence-corrected chi connectivity index (χ0v) is 9.15. The highest BCUT2D eigenvalue weighted by molar-refractivity contribution is 8.49. The van der Waals surface area contributed by atoms with E-state index in [0.717, 1.165) is 12.3 Å². The van der Waals surface area contributed by atoms with Gasteiger partial charge in [-0.15, -0.1) is 0 Å². The van der Waals surface area contributed by atoms with Crippen LogP contribution in [-0.2, 0) is 9.53 Å². The Labute approximate surface area is 92.6 Å². The number of carbonyl (C=O) groups is 1. The summed E-state index contributed by atoms with van der Waals surface area (Å²) >= 11 is 0. The molecule has 1 aromatic heterocycles. The summed E-state index contributed by atoms with van der Waals surface area (Å²) in [5.41, 5.74) is 0. The Morgan fingerprint density at radius 3 is 2.29 bits per heavy atom. The minimum absolute atomic E-state index is 0.0899. The van der Waals surface area contributed by atoms with Crippen LogP contribution in [-0.4, -0.2) is 13.1 Å². The predicted octanol–water partition coefficient (Wildman–Crippen LogP) is 4.09. The summed E-state index contributed by atoms with van der Waals surface area (Å²) in [6, 6.07) is 2.18. The van der Waals surface area contributed by atoms with Crippen LogP contribution >= 0.6 is 10.2 Å². The van der Waals surface area contributed by atoms with E-state index < -0.39 is 26.9 Å². The number of furan rings is 1. The molecule has 0 aliphatic rings. The fourth-order valence-electron chi connectivity index (χ4n) is 0.931. The average Bonchev–Trinajstić information content (AvgIpc) is 2.61. The van der Waals surface area contributed by atoms with E-state index in [2.05, 4.69) is 9.15 Å². The number of carbonyl (C=O) groups excluding carboxylic acids is 1. The number of halogens is 5. The molecule has 0 aliphatic heterocycles. The molecule has 0 fully saturated rings. The standard InChI is InChI=1S/C8H7F5O3S/c1-15-8(14)7(17(9,10,11,12)13)5-6-3-2-4-16-6/h2-5H,1H3/b7-5+. The number of methoxy groups -OCH3 is 1. The van der Waals surface area contributed by atoms with Gasteiger partial charge in [-0.2, -0.15) is 0 Å². The zero-order chi connectivity index (χ0) is 13.4. The van der Waals surface area contributed by atoms with Crippen LogP contribution in [0.3, 0.4) is 0 Å². The Balaban J connectivity index is 3.40. The molecule has 0 amide bonds. The molecular formula is C8H7F5O3S. The molecule has 0 saturated carbocycles. The van der Waals surface area contributed by atoms with Gasteiger partial charge in [-0.1, -0.05) is 19.4 Å². The second-order valence-electron chi connectivity index (χ2n) is 2.98. The van der Waals surface area contributed by atoms with Crippen LogP contribution in [0.15, 0.2) is 27.7 Å². The van der Waals surface area contributed by atoms with Crippen molar-refractivity contribution in [2.24, 2.45) is 0 Å². The molecule has 1 heterocycles. The van der Waals surface area contributed by atoms with Crippen LogP contribution < -0.4 is 0 Å². The molecule has 9 heteroatoms. The van der Waals surface area contributed by atoms with E-state index in [4.69, 9.17) is 0 Å². The maximum Gasteiger partial charge on any atom is 0.353 e. The van der Waals surface area contributed by atoms with E-state index >= 15 is 0 Å². The third kappa shape index (κ3) is 3.48. The molecule has 0 radical (unpaired) electrons. The molecule has 98 valence electrons. The van der Waals surface area contributed by atoms with E-state index in [1.165, 1.54) is 6.07 Å². The Hall–Kier alpha value is -1.51. The number of ether oxygens (including phenoxy) is 1. The van der Waals surface area contributed by atoms with E-state index in [1.807, 2.05) is 0 Å². The summed E-state index contributed by atoms with van der Waals surface area (Å²) in [6.07, 6.45) is 0.888. The largest absolute Gasteiger partial charge is 0.465 e. The van der Waals surface area contributed by atoms with Crippen LogP contribution in [0.2, 0.25) is 0 Å². The highest BCUT2D eigenvalue weighted by Gasteiger charge is 2.70. The van der Waals surface area contributed by atoms with Crippen molar-refractivity contribution in [1.82, 2.24) is 0 Å². The summed E-state index contributed by atoms with van der Waals surface area (Å²) in [7, 11) is -9.54. The van der Waals surface area contributed by atoms with E-state index in [0.29, 0.717) is 7.11 Å². The van der Waals surface area contributed by atoms with Crippen molar-refractivity contribution in [3.63, 3.8) is 0 Å². The van der Waals surface area contributed by atoms with Crippen LogP contribution in [0, 0.1) is 0 Å². The molecule has 3 nitrogen and oxygen atoms in total. The van der Waals surface area contributed by atoms with Gasteiger partial charge in [-0.25, -0.2) is 4.79 Å². The molecule has 0 saturated heterocycles. The Morgan fingerprint density at radius 1 is 1.35 bits per heavy atom. The van der Waals surface area contributed by atoms with Gasteiger partial charge in [0.05, 0.1) is 13.4 Å². The molecule has 1 rings (SSSR count). The van der Waals surface area contributed by atoms with Gasteiger partial charge < -0.3 is 9.15 Å². The molecular weight excluding hydrogens is 271 g/mol. The first-order chi connectivity index (χ1) is 7.44. The van der Waals surface area contributed by atoms with Gasteiger partial charge in [-0.05, 0) is 12.1 Å². The SMILES string of the molecule is COC(=O)/C(=C\c1ccco1)S(F)(F)(F)(F)F. The van der Waals surface area contributed by atoms with Crippen LogP contribution in [0.25, 0.3) is 6.08 Å². The lowest BCUT2D eigenvalue weighted by Crippen LogP contribution is -2.18. The normalized spacial score (nSPS) is 17.2. The average molecular weight is 278 g/mol. The summed E-state index contributed by atoms with van der Waals surface area (Å²) in [6.45, 7) is 0. The highest BCUT2D eigenvalue weighted by atomic mass is 32.5. The van der Waals surface area contributed by atoms with Gasteiger partial charge in [0.25, 0.3) is 0 Å². The van der Waals surface area contributed by atoms with Crippen molar-refractivity contribution in [2.45, 2.75) is 0 Å². The summed E-state index contributed by atoms with van der Waals surface area (Å²) in [4.78, 5) is 8.14. The molecule has 0 unspecified atom stereocenters. The molecule has 0 spiro atoms. The molecule has 0 bridgehead atoms. The minimum atomic E-state index is -10.1. The fourth-order valence-corrected chi connectivity index (χ4v) is 1.67. The lowest BCUT2D eigenvalue weighted by atomic mass is 10.4. The van der Waals surface area contributed by atoms with Crippen LogP contribution in [0.4, 0.5) is 19.4 Å². The van der Waals surface area contributed by atoms with Gasteiger partial charge >= 0.3 is 16.2 Å². The van der Waals surface area contributed by atoms with E-state index in [9.17, 15) is 24.2 Å². The maximum atomic E-state index is 12.5.